The van der Waals surface area contributed by atoms with Crippen LogP contribution >= 0.6 is 0 Å². The summed E-state index contributed by atoms with van der Waals surface area (Å²) in [6, 6.07) is 2.32. The summed E-state index contributed by atoms with van der Waals surface area (Å²) in [5, 5.41) is 0. The van der Waals surface area contributed by atoms with Gasteiger partial charge in [-0.25, -0.2) is 0 Å². The van der Waals surface area contributed by atoms with Crippen molar-refractivity contribution in [3.8, 4) is 0 Å². The normalized spacial score (nSPS) is 16.4. The first kappa shape index (κ1) is 106. The molecule has 0 heterocycles. The van der Waals surface area contributed by atoms with E-state index in [4.69, 9.17) is 80.3 Å². The van der Waals surface area contributed by atoms with Gasteiger partial charge < -0.3 is 80.3 Å². The monoisotopic (exact) mass is 1270 g/mol. The predicted octanol–water partition coefficient (Wildman–Crippen LogP) is 14.9. The molecule has 0 bridgehead atoms. The van der Waals surface area contributed by atoms with Crippen molar-refractivity contribution in [3.63, 3.8) is 0 Å². The smallest absolute Gasteiger partial charge is 0.00591 e. The molecule has 5 aliphatic rings. The molecule has 14 nitrogen and oxygen atoms in total. The summed E-state index contributed by atoms with van der Waals surface area (Å²) in [5.41, 5.74) is 75.7. The van der Waals surface area contributed by atoms with E-state index < -0.39 is 0 Å². The number of hydrogen-bond acceptors (Lipinski definition) is 14. The molecule has 0 radical (unpaired) electrons. The molecule has 0 spiro atoms. The zero-order valence-electron chi connectivity index (χ0n) is 64.3. The second-order valence-corrected chi connectivity index (χ2v) is 30.1. The Morgan fingerprint density at radius 2 is 0.716 bits per heavy atom. The summed E-state index contributed by atoms with van der Waals surface area (Å²) in [6.07, 6.45) is 40.2. The van der Waals surface area contributed by atoms with Crippen LogP contribution in [0.4, 0.5) is 0 Å². The third kappa shape index (κ3) is 130. The first-order valence-electron chi connectivity index (χ1n) is 37.2. The van der Waals surface area contributed by atoms with Crippen LogP contribution in [0.15, 0.2) is 0 Å². The van der Waals surface area contributed by atoms with Gasteiger partial charge in [0.05, 0.1) is 0 Å². The van der Waals surface area contributed by atoms with Gasteiger partial charge in [0.25, 0.3) is 0 Å². The van der Waals surface area contributed by atoms with Crippen molar-refractivity contribution in [2.24, 2.45) is 133 Å². The number of rotatable bonds is 19. The molecule has 3 unspecified atom stereocenters. The molecule has 3 atom stereocenters. The maximum atomic E-state index is 5.63. The van der Waals surface area contributed by atoms with Gasteiger partial charge in [-0.2, -0.15) is 0 Å². The van der Waals surface area contributed by atoms with Gasteiger partial charge in [-0.05, 0) is 234 Å². The minimum Gasteiger partial charge on any atom is -0.330 e. The molecule has 546 valence electrons. The van der Waals surface area contributed by atoms with Crippen molar-refractivity contribution in [3.05, 3.63) is 0 Å². The highest BCUT2D eigenvalue weighted by Crippen LogP contribution is 2.26. The lowest BCUT2D eigenvalue weighted by atomic mass is 9.89. The lowest BCUT2D eigenvalue weighted by Gasteiger charge is -2.22. The Morgan fingerprint density at radius 1 is 0.364 bits per heavy atom. The fourth-order valence-electron chi connectivity index (χ4n) is 7.29. The van der Waals surface area contributed by atoms with Crippen molar-refractivity contribution in [1.82, 2.24) is 0 Å². The summed E-state index contributed by atoms with van der Waals surface area (Å²) in [5.74, 6) is 5.50. The molecule has 14 heteroatoms. The summed E-state index contributed by atoms with van der Waals surface area (Å²) in [7, 11) is 0. The third-order valence-corrected chi connectivity index (χ3v) is 15.3. The molecule has 28 N–H and O–H groups in total. The first-order chi connectivity index (χ1) is 41.1. The van der Waals surface area contributed by atoms with E-state index in [0.717, 1.165) is 108 Å². The average molecular weight is 1270 g/mol. The van der Waals surface area contributed by atoms with E-state index in [0.29, 0.717) is 47.5 Å². The summed E-state index contributed by atoms with van der Waals surface area (Å²) < 4.78 is 0. The van der Waals surface area contributed by atoms with Crippen LogP contribution in [-0.4, -0.2) is 89.1 Å². The fourth-order valence-corrected chi connectivity index (χ4v) is 7.29. The molecule has 0 aromatic rings. The van der Waals surface area contributed by atoms with Crippen LogP contribution in [0.5, 0.6) is 0 Å². The number of hydrogen-bond donors (Lipinski definition) is 14. The molecule has 0 amide bonds. The maximum Gasteiger partial charge on any atom is 0.00591 e. The van der Waals surface area contributed by atoms with Gasteiger partial charge in [0, 0.05) is 30.2 Å². The van der Waals surface area contributed by atoms with Crippen LogP contribution in [0.1, 0.15) is 338 Å². The number of nitrogens with two attached hydrogens (primary N) is 14. The van der Waals surface area contributed by atoms with Crippen molar-refractivity contribution < 1.29 is 0 Å². The van der Waals surface area contributed by atoms with Gasteiger partial charge in [0.15, 0.2) is 0 Å². The molecule has 5 aliphatic carbocycles. The van der Waals surface area contributed by atoms with Gasteiger partial charge >= 0.3 is 0 Å². The lowest BCUT2D eigenvalue weighted by molar-refractivity contribution is 0.340. The molecule has 0 aromatic heterocycles. The van der Waals surface area contributed by atoms with Crippen LogP contribution < -0.4 is 80.3 Å². The zero-order valence-corrected chi connectivity index (χ0v) is 64.3. The molecular weight excluding hydrogens is 1080 g/mol. The predicted molar refractivity (Wildman–Crippen MR) is 407 cm³/mol. The Hall–Kier alpha value is -0.560. The topological polar surface area (TPSA) is 364 Å². The molecule has 0 aliphatic heterocycles. The van der Waals surface area contributed by atoms with Crippen molar-refractivity contribution in [1.29, 1.82) is 0 Å². The molecule has 0 aromatic carbocycles. The SMILES string of the molecule is CC(C)(C)CCN.CC(C)CC(C)N.CC(C)CCCN.CC(C)CCN.CC(C)CN.CC(N)C(C)(C)C.CCC(C)CN.CCCCCCN.CCCCN.NC1CCC1.NC1CCCC1.NC1CCCCC1.NCC1CC1.NCC1CCCCC1. The Labute approximate surface area is 556 Å². The Kier molecular flexibility index (Phi) is 99.6. The number of unbranched alkanes of at least 4 members (excludes halogenated alkanes) is 4. The van der Waals surface area contributed by atoms with Gasteiger partial charge in [-0.1, -0.05) is 215 Å². The minimum atomic E-state index is 0.278. The quantitative estimate of drug-likeness (QED) is 0.0535. The fraction of sp³-hybridized carbons (Fsp3) is 1.00. The molecule has 5 rings (SSSR count). The van der Waals surface area contributed by atoms with Crippen molar-refractivity contribution >= 4 is 0 Å². The largest absolute Gasteiger partial charge is 0.330 e. The molecule has 5 saturated carbocycles. The van der Waals surface area contributed by atoms with Crippen LogP contribution in [-0.2, 0) is 0 Å². The Bertz CT molecular complexity index is 1110. The van der Waals surface area contributed by atoms with Gasteiger partial charge in [-0.3, -0.25) is 0 Å². The second kappa shape index (κ2) is 82.5. The van der Waals surface area contributed by atoms with Crippen LogP contribution in [0.3, 0.4) is 0 Å². The van der Waals surface area contributed by atoms with E-state index in [1.54, 1.807) is 0 Å². The Morgan fingerprint density at radius 3 is 0.818 bits per heavy atom. The highest BCUT2D eigenvalue weighted by Gasteiger charge is 2.18. The highest BCUT2D eigenvalue weighted by atomic mass is 14.7. The third-order valence-electron chi connectivity index (χ3n) is 15.3. The van der Waals surface area contributed by atoms with Crippen LogP contribution in [0, 0.1) is 52.3 Å². The molecular formula is C74H180N14. The maximum absolute atomic E-state index is 5.63. The van der Waals surface area contributed by atoms with E-state index in [1.165, 1.54) is 180 Å². The van der Waals surface area contributed by atoms with E-state index in [-0.39, 0.29) is 5.41 Å². The van der Waals surface area contributed by atoms with Crippen LogP contribution in [0.2, 0.25) is 0 Å². The summed E-state index contributed by atoms with van der Waals surface area (Å²) >= 11 is 0. The summed E-state index contributed by atoms with van der Waals surface area (Å²) in [6.45, 7) is 50.7. The minimum absolute atomic E-state index is 0.278. The van der Waals surface area contributed by atoms with Gasteiger partial charge in [-0.15, -0.1) is 0 Å². The van der Waals surface area contributed by atoms with Crippen LogP contribution in [0.25, 0.3) is 0 Å². The van der Waals surface area contributed by atoms with Crippen molar-refractivity contribution in [2.45, 2.75) is 368 Å². The first-order valence-corrected chi connectivity index (χ1v) is 37.2. The van der Waals surface area contributed by atoms with E-state index in [9.17, 15) is 0 Å². The molecule has 5 fully saturated rings. The van der Waals surface area contributed by atoms with Gasteiger partial charge in [0.2, 0.25) is 0 Å². The van der Waals surface area contributed by atoms with E-state index >= 15 is 0 Å². The molecule has 0 saturated heterocycles. The standard InChI is InChI=1S/C7H15N.C6H13N.5C6H15N.C5H11N.2C5H13N.2C4H9N.2C4H11N/c8-6-7-4-2-1-3-5-7;7-6-4-2-1-3-5-6;1-6(2,3)4-5-7;1-5(7)6(2,3)4;1-5(2)4-6(3)7;1-6(2)4-3-5-7;1-2-3-4-5-6-7;6-5-3-1-2-4-5;1-5(2)3-4-6;1-3-5(2)4-6;5-3-4-1-2-4;5-4-2-1-3-4;1-4(2)3-5;1-2-3-4-5/h7H,1-6,8H2;6H,1-5,7H2;4-5,7H2,1-3H3;5H,7H2,1-4H3;5-6H,4,7H2,1-3H3;6H,3-5,7H2,1-2H3;2-7H2,1H3;5H,1-4,6H2;2*5H,3-4,6H2,1-2H3;2*4H,1-3,5H2;4H,3,5H2,1-2H3;2-5H2,1H3. The summed E-state index contributed by atoms with van der Waals surface area (Å²) in [4.78, 5) is 0. The van der Waals surface area contributed by atoms with E-state index in [1.807, 2.05) is 13.8 Å². The van der Waals surface area contributed by atoms with E-state index in [2.05, 4.69) is 125 Å². The average Bonchev–Trinajstić information content (AvgIpc) is 4.29. The second-order valence-electron chi connectivity index (χ2n) is 30.1. The van der Waals surface area contributed by atoms with Crippen molar-refractivity contribution in [2.75, 3.05) is 58.9 Å². The Balaban J connectivity index is -0.000000109. The highest BCUT2D eigenvalue weighted by molar-refractivity contribution is 4.73. The van der Waals surface area contributed by atoms with Gasteiger partial charge in [0.1, 0.15) is 0 Å². The molecule has 88 heavy (non-hydrogen) atoms. The lowest BCUT2D eigenvalue weighted by Crippen LogP contribution is -2.31. The zero-order chi connectivity index (χ0) is 70.2.